The standard InChI is InChI=1S/C21H24N4O4S/c1-27-16-9-13(10-17(28-2)20(16)29-3)21(26)22-14-6-7-25(12-14)19-11-15(23-24-19)18-5-4-8-30-18/h4-5,8-11,14H,6-7,12H2,1-3H3,(H,22,26)(H,23,24). The molecule has 0 saturated carbocycles. The summed E-state index contributed by atoms with van der Waals surface area (Å²) in [5.41, 5.74) is 1.47. The van der Waals surface area contributed by atoms with Gasteiger partial charge in [0, 0.05) is 30.8 Å². The van der Waals surface area contributed by atoms with Gasteiger partial charge in [0.05, 0.1) is 31.9 Å². The monoisotopic (exact) mass is 428 g/mol. The van der Waals surface area contributed by atoms with E-state index in [-0.39, 0.29) is 11.9 Å². The van der Waals surface area contributed by atoms with Gasteiger partial charge in [0.15, 0.2) is 17.3 Å². The first-order chi connectivity index (χ1) is 14.6. The number of nitrogens with zero attached hydrogens (tertiary/aromatic N) is 2. The van der Waals surface area contributed by atoms with E-state index in [1.165, 1.54) is 21.3 Å². The number of nitrogens with one attached hydrogen (secondary N) is 2. The number of aromatic amines is 1. The van der Waals surface area contributed by atoms with Gasteiger partial charge in [0.25, 0.3) is 5.91 Å². The Morgan fingerprint density at radius 1 is 1.20 bits per heavy atom. The Bertz CT molecular complexity index is 993. The summed E-state index contributed by atoms with van der Waals surface area (Å²) in [6.07, 6.45) is 0.845. The maximum Gasteiger partial charge on any atom is 0.251 e. The minimum Gasteiger partial charge on any atom is -0.493 e. The maximum atomic E-state index is 12.8. The van der Waals surface area contributed by atoms with E-state index in [9.17, 15) is 4.79 Å². The number of H-pyrrole nitrogens is 1. The lowest BCUT2D eigenvalue weighted by atomic mass is 10.1. The molecule has 0 radical (unpaired) electrons. The van der Waals surface area contributed by atoms with Crippen LogP contribution < -0.4 is 24.4 Å². The topological polar surface area (TPSA) is 88.7 Å². The van der Waals surface area contributed by atoms with Crippen molar-refractivity contribution in [3.05, 3.63) is 41.3 Å². The van der Waals surface area contributed by atoms with Crippen molar-refractivity contribution in [1.29, 1.82) is 0 Å². The van der Waals surface area contributed by atoms with Crippen LogP contribution in [-0.4, -0.2) is 56.6 Å². The van der Waals surface area contributed by atoms with Gasteiger partial charge < -0.3 is 24.4 Å². The van der Waals surface area contributed by atoms with Crippen molar-refractivity contribution in [2.24, 2.45) is 0 Å². The Morgan fingerprint density at radius 2 is 1.97 bits per heavy atom. The number of thiophene rings is 1. The van der Waals surface area contributed by atoms with Gasteiger partial charge in [0.2, 0.25) is 5.75 Å². The number of carbonyl (C=O) groups excluding carboxylic acids is 1. The van der Waals surface area contributed by atoms with Crippen molar-refractivity contribution >= 4 is 23.1 Å². The molecule has 30 heavy (non-hydrogen) atoms. The van der Waals surface area contributed by atoms with Crippen LogP contribution in [0.25, 0.3) is 10.6 Å². The van der Waals surface area contributed by atoms with Crippen molar-refractivity contribution in [1.82, 2.24) is 15.5 Å². The zero-order valence-corrected chi connectivity index (χ0v) is 17.9. The van der Waals surface area contributed by atoms with Crippen LogP contribution in [0.2, 0.25) is 0 Å². The first-order valence-electron chi connectivity index (χ1n) is 9.58. The number of rotatable bonds is 7. The van der Waals surface area contributed by atoms with Crippen LogP contribution in [0.4, 0.5) is 5.82 Å². The van der Waals surface area contributed by atoms with Crippen molar-refractivity contribution in [3.63, 3.8) is 0 Å². The molecule has 1 atom stereocenters. The number of carbonyl (C=O) groups is 1. The summed E-state index contributed by atoms with van der Waals surface area (Å²) in [5, 5.41) is 12.7. The molecule has 0 aliphatic carbocycles. The highest BCUT2D eigenvalue weighted by molar-refractivity contribution is 7.13. The highest BCUT2D eigenvalue weighted by atomic mass is 32.1. The van der Waals surface area contributed by atoms with Gasteiger partial charge in [-0.1, -0.05) is 6.07 Å². The molecule has 3 heterocycles. The summed E-state index contributed by atoms with van der Waals surface area (Å²) in [4.78, 5) is 16.2. The van der Waals surface area contributed by atoms with Crippen LogP contribution >= 0.6 is 11.3 Å². The fourth-order valence-corrected chi connectivity index (χ4v) is 4.29. The third-order valence-corrected chi connectivity index (χ3v) is 6.03. The molecule has 1 aliphatic heterocycles. The zero-order chi connectivity index (χ0) is 21.1. The molecule has 2 aromatic heterocycles. The molecule has 3 aromatic rings. The van der Waals surface area contributed by atoms with E-state index in [4.69, 9.17) is 14.2 Å². The minimum absolute atomic E-state index is 0.0264. The Kier molecular flexibility index (Phi) is 5.80. The third kappa shape index (κ3) is 3.93. The maximum absolute atomic E-state index is 12.8. The largest absolute Gasteiger partial charge is 0.493 e. The second kappa shape index (κ2) is 8.66. The molecule has 1 unspecified atom stereocenters. The van der Waals surface area contributed by atoms with E-state index in [2.05, 4.69) is 32.5 Å². The highest BCUT2D eigenvalue weighted by Gasteiger charge is 2.27. The molecule has 8 nitrogen and oxygen atoms in total. The van der Waals surface area contributed by atoms with Gasteiger partial charge in [-0.25, -0.2) is 0 Å². The predicted octanol–water partition coefficient (Wildman–Crippen LogP) is 3.17. The fourth-order valence-electron chi connectivity index (χ4n) is 3.60. The summed E-state index contributed by atoms with van der Waals surface area (Å²) in [6, 6.07) is 9.47. The summed E-state index contributed by atoms with van der Waals surface area (Å²) in [6.45, 7) is 1.53. The molecule has 1 saturated heterocycles. The Morgan fingerprint density at radius 3 is 2.60 bits per heavy atom. The molecule has 0 bridgehead atoms. The van der Waals surface area contributed by atoms with Crippen LogP contribution in [0, 0.1) is 0 Å². The average molecular weight is 429 g/mol. The first-order valence-corrected chi connectivity index (χ1v) is 10.5. The number of hydrogen-bond donors (Lipinski definition) is 2. The van der Waals surface area contributed by atoms with Gasteiger partial charge in [0.1, 0.15) is 0 Å². The van der Waals surface area contributed by atoms with Crippen molar-refractivity contribution in [3.8, 4) is 27.8 Å². The van der Waals surface area contributed by atoms with Gasteiger partial charge in [-0.05, 0) is 30.0 Å². The lowest BCUT2D eigenvalue weighted by Gasteiger charge is -2.17. The summed E-state index contributed by atoms with van der Waals surface area (Å²) in [7, 11) is 4.59. The van der Waals surface area contributed by atoms with Crippen LogP contribution in [0.3, 0.4) is 0 Å². The first kappa shape index (κ1) is 20.1. The van der Waals surface area contributed by atoms with Gasteiger partial charge in [-0.3, -0.25) is 9.89 Å². The Hall–Kier alpha value is -3.20. The van der Waals surface area contributed by atoms with E-state index < -0.39 is 0 Å². The van der Waals surface area contributed by atoms with Crippen LogP contribution in [0.1, 0.15) is 16.8 Å². The number of amides is 1. The molecule has 1 aliphatic rings. The van der Waals surface area contributed by atoms with Crippen LogP contribution in [-0.2, 0) is 0 Å². The second-order valence-corrected chi connectivity index (χ2v) is 7.88. The summed E-state index contributed by atoms with van der Waals surface area (Å²) < 4.78 is 16.0. The molecule has 1 amide bonds. The Labute approximate surface area is 178 Å². The third-order valence-electron chi connectivity index (χ3n) is 5.13. The van der Waals surface area contributed by atoms with Crippen molar-refractivity contribution in [2.75, 3.05) is 39.3 Å². The Balaban J connectivity index is 1.43. The molecule has 2 N–H and O–H groups in total. The molecule has 9 heteroatoms. The molecular weight excluding hydrogens is 404 g/mol. The van der Waals surface area contributed by atoms with E-state index >= 15 is 0 Å². The summed E-state index contributed by atoms with van der Waals surface area (Å²) >= 11 is 1.67. The number of ether oxygens (including phenoxy) is 3. The lowest BCUT2D eigenvalue weighted by Crippen LogP contribution is -2.37. The number of methoxy groups -OCH3 is 3. The number of hydrogen-bond acceptors (Lipinski definition) is 7. The van der Waals surface area contributed by atoms with E-state index in [1.54, 1.807) is 23.5 Å². The van der Waals surface area contributed by atoms with Crippen molar-refractivity contribution in [2.45, 2.75) is 12.5 Å². The van der Waals surface area contributed by atoms with Crippen LogP contribution in [0.5, 0.6) is 17.2 Å². The van der Waals surface area contributed by atoms with Gasteiger partial charge in [-0.2, -0.15) is 5.10 Å². The smallest absolute Gasteiger partial charge is 0.251 e. The molecule has 4 rings (SSSR count). The normalized spacial score (nSPS) is 15.8. The molecule has 158 valence electrons. The van der Waals surface area contributed by atoms with Crippen LogP contribution in [0.15, 0.2) is 35.7 Å². The van der Waals surface area contributed by atoms with Gasteiger partial charge >= 0.3 is 0 Å². The number of anilines is 1. The SMILES string of the molecule is COc1cc(C(=O)NC2CCN(c3cc(-c4cccs4)[nH]n3)C2)cc(OC)c1OC. The van der Waals surface area contributed by atoms with Gasteiger partial charge in [-0.15, -0.1) is 11.3 Å². The molecule has 1 aromatic carbocycles. The van der Waals surface area contributed by atoms with Crippen molar-refractivity contribution < 1.29 is 19.0 Å². The average Bonchev–Trinajstić information content (AvgIpc) is 3.53. The zero-order valence-electron chi connectivity index (χ0n) is 17.1. The predicted molar refractivity (Wildman–Crippen MR) is 116 cm³/mol. The van der Waals surface area contributed by atoms with E-state index in [0.717, 1.165) is 29.4 Å². The lowest BCUT2D eigenvalue weighted by molar-refractivity contribution is 0.0939. The molecule has 1 fully saturated rings. The molecule has 0 spiro atoms. The summed E-state index contributed by atoms with van der Waals surface area (Å²) in [5.74, 6) is 2.08. The number of benzene rings is 1. The molecular formula is C21H24N4O4S. The number of aromatic nitrogens is 2. The minimum atomic E-state index is -0.178. The second-order valence-electron chi connectivity index (χ2n) is 6.94. The van der Waals surface area contributed by atoms with E-state index in [1.807, 2.05) is 11.4 Å². The van der Waals surface area contributed by atoms with E-state index in [0.29, 0.717) is 29.4 Å². The highest BCUT2D eigenvalue weighted by Crippen LogP contribution is 2.38. The fraction of sp³-hybridized carbons (Fsp3) is 0.333. The quantitative estimate of drug-likeness (QED) is 0.601.